The van der Waals surface area contributed by atoms with E-state index in [1.165, 1.54) is 0 Å². The summed E-state index contributed by atoms with van der Waals surface area (Å²) in [7, 11) is 3.50. The molecule has 0 aromatic carbocycles. The number of rotatable bonds is 4. The molecule has 0 bridgehead atoms. The number of aryl methyl sites for hydroxylation is 1. The zero-order valence-corrected chi connectivity index (χ0v) is 14.3. The predicted octanol–water partition coefficient (Wildman–Crippen LogP) is 0.0328. The van der Waals surface area contributed by atoms with Gasteiger partial charge >= 0.3 is 0 Å². The molecule has 2 aliphatic rings. The lowest BCUT2D eigenvalue weighted by atomic mass is 10.1. The molecule has 132 valence electrons. The fourth-order valence-corrected chi connectivity index (χ4v) is 3.28. The second-order valence-electron chi connectivity index (χ2n) is 6.78. The smallest absolute Gasteiger partial charge is 0.273 e. The van der Waals surface area contributed by atoms with E-state index in [1.54, 1.807) is 32.0 Å². The highest BCUT2D eigenvalue weighted by molar-refractivity contribution is 5.92. The van der Waals surface area contributed by atoms with E-state index in [0.29, 0.717) is 30.5 Å². The van der Waals surface area contributed by atoms with Crippen LogP contribution in [-0.2, 0) is 9.53 Å². The molecule has 3 atom stereocenters. The molecule has 2 fully saturated rings. The summed E-state index contributed by atoms with van der Waals surface area (Å²) in [6.45, 7) is 3.84. The number of morpholine rings is 1. The van der Waals surface area contributed by atoms with Crippen molar-refractivity contribution < 1.29 is 18.8 Å². The van der Waals surface area contributed by atoms with E-state index in [2.05, 4.69) is 15.4 Å². The maximum Gasteiger partial charge on any atom is 0.273 e. The van der Waals surface area contributed by atoms with Crippen LogP contribution in [0.4, 0.5) is 0 Å². The van der Waals surface area contributed by atoms with E-state index in [-0.39, 0.29) is 24.0 Å². The fourth-order valence-electron chi connectivity index (χ4n) is 3.28. The summed E-state index contributed by atoms with van der Waals surface area (Å²) in [6.07, 6.45) is 1.16. The van der Waals surface area contributed by atoms with Crippen LogP contribution < -0.4 is 5.32 Å². The van der Waals surface area contributed by atoms with Crippen molar-refractivity contribution in [2.45, 2.75) is 38.0 Å². The Kier molecular flexibility index (Phi) is 4.86. The zero-order chi connectivity index (χ0) is 17.3. The van der Waals surface area contributed by atoms with Gasteiger partial charge in [0.1, 0.15) is 5.76 Å². The molecular weight excluding hydrogens is 312 g/mol. The molecule has 3 heterocycles. The van der Waals surface area contributed by atoms with Crippen molar-refractivity contribution in [3.8, 4) is 0 Å². The summed E-state index contributed by atoms with van der Waals surface area (Å²) in [4.78, 5) is 27.9. The number of carbonyl (C=O) groups is 2. The van der Waals surface area contributed by atoms with E-state index in [4.69, 9.17) is 9.26 Å². The molecule has 0 unspecified atom stereocenters. The number of aromatic nitrogens is 1. The average Bonchev–Trinajstić information content (AvgIpc) is 3.12. The molecule has 1 aromatic heterocycles. The van der Waals surface area contributed by atoms with Gasteiger partial charge in [-0.25, -0.2) is 0 Å². The molecule has 0 saturated carbocycles. The number of nitrogens with zero attached hydrogens (tertiary/aromatic N) is 3. The van der Waals surface area contributed by atoms with Crippen molar-refractivity contribution in [3.63, 3.8) is 0 Å². The molecule has 8 heteroatoms. The van der Waals surface area contributed by atoms with Crippen molar-refractivity contribution in [2.75, 3.05) is 33.8 Å². The minimum Gasteiger partial charge on any atom is -0.375 e. The maximum atomic E-state index is 12.2. The summed E-state index contributed by atoms with van der Waals surface area (Å²) in [5, 5.41) is 6.75. The van der Waals surface area contributed by atoms with Crippen molar-refractivity contribution in [1.82, 2.24) is 20.3 Å². The normalized spacial score (nSPS) is 26.9. The van der Waals surface area contributed by atoms with Crippen LogP contribution in [0.2, 0.25) is 0 Å². The SMILES string of the molecule is Cc1cc(C(=O)N[C@@H]2C[C@H]3CO[C@@H](CC(=O)N(C)C)CN3C2)no1. The first-order valence-corrected chi connectivity index (χ1v) is 8.22. The molecular formula is C16H24N4O4. The molecule has 0 aliphatic carbocycles. The topological polar surface area (TPSA) is 87.9 Å². The monoisotopic (exact) mass is 336 g/mol. The second-order valence-corrected chi connectivity index (χ2v) is 6.78. The molecule has 0 radical (unpaired) electrons. The number of amides is 2. The maximum absolute atomic E-state index is 12.2. The van der Waals surface area contributed by atoms with Gasteiger partial charge in [-0.05, 0) is 13.3 Å². The van der Waals surface area contributed by atoms with E-state index in [0.717, 1.165) is 19.5 Å². The Morgan fingerprint density at radius 3 is 2.88 bits per heavy atom. The number of hydrogen-bond donors (Lipinski definition) is 1. The first-order chi connectivity index (χ1) is 11.4. The Hall–Kier alpha value is -1.93. The van der Waals surface area contributed by atoms with Gasteiger partial charge in [0.2, 0.25) is 5.91 Å². The third-order valence-electron chi connectivity index (χ3n) is 4.59. The first kappa shape index (κ1) is 16.9. The fraction of sp³-hybridized carbons (Fsp3) is 0.688. The zero-order valence-electron chi connectivity index (χ0n) is 14.3. The van der Waals surface area contributed by atoms with Gasteiger partial charge in [0, 0.05) is 45.3 Å². The summed E-state index contributed by atoms with van der Waals surface area (Å²) in [5.41, 5.74) is 0.308. The molecule has 0 spiro atoms. The van der Waals surface area contributed by atoms with Gasteiger partial charge in [-0.15, -0.1) is 0 Å². The molecule has 1 N–H and O–H groups in total. The largest absolute Gasteiger partial charge is 0.375 e. The molecule has 2 saturated heterocycles. The molecule has 24 heavy (non-hydrogen) atoms. The number of ether oxygens (including phenoxy) is 1. The van der Waals surface area contributed by atoms with Crippen LogP contribution >= 0.6 is 0 Å². The van der Waals surface area contributed by atoms with Crippen LogP contribution in [0.1, 0.15) is 29.1 Å². The highest BCUT2D eigenvalue weighted by atomic mass is 16.5. The van der Waals surface area contributed by atoms with Gasteiger partial charge in [0.15, 0.2) is 5.69 Å². The molecule has 3 rings (SSSR count). The summed E-state index contributed by atoms with van der Waals surface area (Å²) < 4.78 is 10.8. The van der Waals surface area contributed by atoms with Gasteiger partial charge in [-0.2, -0.15) is 0 Å². The van der Waals surface area contributed by atoms with Crippen molar-refractivity contribution in [3.05, 3.63) is 17.5 Å². The molecule has 2 amide bonds. The Morgan fingerprint density at radius 2 is 2.21 bits per heavy atom. The quantitative estimate of drug-likeness (QED) is 0.835. The Labute approximate surface area is 141 Å². The Bertz CT molecular complexity index is 615. The lowest BCUT2D eigenvalue weighted by molar-refractivity contribution is -0.134. The van der Waals surface area contributed by atoms with Crippen LogP contribution in [0.15, 0.2) is 10.6 Å². The Morgan fingerprint density at radius 1 is 1.42 bits per heavy atom. The van der Waals surface area contributed by atoms with E-state index >= 15 is 0 Å². The highest BCUT2D eigenvalue weighted by Gasteiger charge is 2.38. The summed E-state index contributed by atoms with van der Waals surface area (Å²) >= 11 is 0. The van der Waals surface area contributed by atoms with Crippen molar-refractivity contribution in [1.29, 1.82) is 0 Å². The van der Waals surface area contributed by atoms with Crippen LogP contribution in [-0.4, -0.2) is 78.8 Å². The van der Waals surface area contributed by atoms with Gasteiger partial charge < -0.3 is 19.5 Å². The molecule has 2 aliphatic heterocycles. The first-order valence-electron chi connectivity index (χ1n) is 8.22. The number of carbonyl (C=O) groups excluding carboxylic acids is 2. The average molecular weight is 336 g/mol. The van der Waals surface area contributed by atoms with Gasteiger partial charge in [-0.1, -0.05) is 5.16 Å². The van der Waals surface area contributed by atoms with Crippen LogP contribution in [0, 0.1) is 6.92 Å². The number of fused-ring (bicyclic) bond motifs is 1. The number of nitrogens with one attached hydrogen (secondary N) is 1. The van der Waals surface area contributed by atoms with Crippen LogP contribution in [0.5, 0.6) is 0 Å². The summed E-state index contributed by atoms with van der Waals surface area (Å²) in [5.74, 6) is 0.478. The van der Waals surface area contributed by atoms with Crippen LogP contribution in [0.3, 0.4) is 0 Å². The molecule has 1 aromatic rings. The van der Waals surface area contributed by atoms with E-state index in [9.17, 15) is 9.59 Å². The van der Waals surface area contributed by atoms with Gasteiger partial charge in [0.25, 0.3) is 5.91 Å². The van der Waals surface area contributed by atoms with E-state index < -0.39 is 0 Å². The van der Waals surface area contributed by atoms with Crippen molar-refractivity contribution >= 4 is 11.8 Å². The second kappa shape index (κ2) is 6.90. The minimum absolute atomic E-state index is 0.0615. The standard InChI is InChI=1S/C16H24N4O4/c1-10-4-14(18-24-10)16(22)17-11-5-12-9-23-13(8-20(12)7-11)6-15(21)19(2)3/h4,11-13H,5-9H2,1-3H3,(H,17,22)/t11-,12+,13+/m1/s1. The van der Waals surface area contributed by atoms with E-state index in [1.807, 2.05) is 0 Å². The minimum atomic E-state index is -0.211. The predicted molar refractivity (Wildman–Crippen MR) is 85.5 cm³/mol. The molecule has 8 nitrogen and oxygen atoms in total. The van der Waals surface area contributed by atoms with Crippen molar-refractivity contribution in [2.24, 2.45) is 0 Å². The van der Waals surface area contributed by atoms with Gasteiger partial charge in [-0.3, -0.25) is 14.5 Å². The van der Waals surface area contributed by atoms with Gasteiger partial charge in [0.05, 0.1) is 19.1 Å². The lowest BCUT2D eigenvalue weighted by Crippen LogP contribution is -2.47. The Balaban J connectivity index is 1.51. The lowest BCUT2D eigenvalue weighted by Gasteiger charge is -2.35. The third-order valence-corrected chi connectivity index (χ3v) is 4.59. The third kappa shape index (κ3) is 3.76. The van der Waals surface area contributed by atoms with Crippen LogP contribution in [0.25, 0.3) is 0 Å². The highest BCUT2D eigenvalue weighted by Crippen LogP contribution is 2.24. The number of hydrogen-bond acceptors (Lipinski definition) is 6. The summed E-state index contributed by atoms with van der Waals surface area (Å²) in [6, 6.07) is 1.98.